The Morgan fingerprint density at radius 2 is 2.75 bits per heavy atom. The molecule has 0 aliphatic carbocycles. The maximum absolute atomic E-state index is 10.1. The van der Waals surface area contributed by atoms with E-state index in [0.29, 0.717) is 0 Å². The number of hydrogen-bond acceptors (Lipinski definition) is 4. The van der Waals surface area contributed by atoms with Gasteiger partial charge in [0.2, 0.25) is 0 Å². The van der Waals surface area contributed by atoms with Crippen LogP contribution in [0.2, 0.25) is 0 Å². The van der Waals surface area contributed by atoms with Crippen molar-refractivity contribution in [3.05, 3.63) is 0 Å². The predicted octanol–water partition coefficient (Wildman–Crippen LogP) is -2.25. The molecule has 41 valence electrons. The first-order chi connectivity index (χ1) is 3.80. The van der Waals surface area contributed by atoms with Crippen LogP contribution < -0.4 is 16.2 Å². The standard InChI is InChI=1S/C3H4N4O/c4-2(8)3-5-1-6-7-3/h1H,(H2,4,8)(H,6,7)/q+1. The second kappa shape index (κ2) is 1.61. The first-order valence-electron chi connectivity index (χ1n) is 1.96. The largest absolute Gasteiger partial charge is 0.399 e. The highest BCUT2D eigenvalue weighted by Crippen LogP contribution is 1.70. The van der Waals surface area contributed by atoms with Crippen molar-refractivity contribution in [2.45, 2.75) is 0 Å². The molecule has 0 unspecified atom stereocenters. The van der Waals surface area contributed by atoms with E-state index in [2.05, 4.69) is 15.5 Å². The molecule has 0 aromatic heterocycles. The minimum Gasteiger partial charge on any atom is -0.360 e. The van der Waals surface area contributed by atoms with E-state index >= 15 is 0 Å². The van der Waals surface area contributed by atoms with Crippen molar-refractivity contribution in [2.24, 2.45) is 10.8 Å². The zero-order chi connectivity index (χ0) is 5.98. The lowest BCUT2D eigenvalue weighted by atomic mass is 10.6. The maximum Gasteiger partial charge on any atom is 0.399 e. The number of rotatable bonds is 1. The second-order valence-corrected chi connectivity index (χ2v) is 1.19. The number of carbonyl (C=O) groups excluding carboxylic acids is 1. The van der Waals surface area contributed by atoms with Crippen molar-refractivity contribution < 1.29 is 4.79 Å². The normalized spacial score (nSPS) is 15.2. The Bertz CT molecular complexity index is 170. The Morgan fingerprint density at radius 3 is 3.00 bits per heavy atom. The van der Waals surface area contributed by atoms with Gasteiger partial charge in [0.05, 0.1) is 5.10 Å². The van der Waals surface area contributed by atoms with Gasteiger partial charge in [-0.1, -0.05) is 4.99 Å². The van der Waals surface area contributed by atoms with Crippen LogP contribution in [-0.2, 0) is 4.79 Å². The Labute approximate surface area is 45.3 Å². The monoisotopic (exact) mass is 112 g/mol. The molecule has 0 saturated heterocycles. The van der Waals surface area contributed by atoms with E-state index in [9.17, 15) is 4.79 Å². The van der Waals surface area contributed by atoms with Crippen LogP contribution >= 0.6 is 0 Å². The number of hydrogen-bond donors (Lipinski definition) is 2. The quantitative estimate of drug-likeness (QED) is 0.402. The van der Waals surface area contributed by atoms with Gasteiger partial charge in [-0.05, 0) is 0 Å². The van der Waals surface area contributed by atoms with Gasteiger partial charge in [0.15, 0.2) is 0 Å². The van der Waals surface area contributed by atoms with Crippen LogP contribution in [0.5, 0.6) is 0 Å². The van der Waals surface area contributed by atoms with Gasteiger partial charge >= 0.3 is 11.7 Å². The predicted molar refractivity (Wildman–Crippen MR) is 28.0 cm³/mol. The molecule has 5 heteroatoms. The number of aliphatic imine (C=N–C) groups is 1. The van der Waals surface area contributed by atoms with Gasteiger partial charge in [-0.3, -0.25) is 4.79 Å². The first-order valence-corrected chi connectivity index (χ1v) is 1.96. The number of nitrogens with zero attached hydrogens (tertiary/aromatic N) is 2. The molecule has 1 aliphatic heterocycles. The molecule has 5 nitrogen and oxygen atoms in total. The molecule has 3 N–H and O–H groups in total. The number of nitrogens with one attached hydrogen (secondary N) is 1. The molecule has 0 aromatic rings. The van der Waals surface area contributed by atoms with Crippen molar-refractivity contribution in [2.75, 3.05) is 0 Å². The maximum atomic E-state index is 10.1. The molecule has 8 heavy (non-hydrogen) atoms. The van der Waals surface area contributed by atoms with Crippen molar-refractivity contribution in [1.82, 2.24) is 10.4 Å². The van der Waals surface area contributed by atoms with Crippen LogP contribution in [0.3, 0.4) is 0 Å². The van der Waals surface area contributed by atoms with Crippen molar-refractivity contribution >= 4 is 18.1 Å². The van der Waals surface area contributed by atoms with Gasteiger partial charge < -0.3 is 5.73 Å². The fourth-order valence-electron chi connectivity index (χ4n) is 0.328. The summed E-state index contributed by atoms with van der Waals surface area (Å²) in [6.07, 6.45) is 1.29. The Balaban J connectivity index is 2.72. The molecule has 0 saturated carbocycles. The van der Waals surface area contributed by atoms with Gasteiger partial charge in [0.25, 0.3) is 6.34 Å². The fourth-order valence-corrected chi connectivity index (χ4v) is 0.328. The summed E-state index contributed by atoms with van der Waals surface area (Å²) in [5.74, 6) is -0.601. The summed E-state index contributed by atoms with van der Waals surface area (Å²) in [6.45, 7) is 0. The lowest BCUT2D eigenvalue weighted by Crippen LogP contribution is -2.24. The smallest absolute Gasteiger partial charge is 0.360 e. The lowest BCUT2D eigenvalue weighted by molar-refractivity contribution is -0.112. The molecule has 0 spiro atoms. The minimum absolute atomic E-state index is 0.0185. The Kier molecular flexibility index (Phi) is 0.957. The van der Waals surface area contributed by atoms with E-state index in [1.165, 1.54) is 6.34 Å². The third kappa shape index (κ3) is 0.651. The van der Waals surface area contributed by atoms with E-state index in [0.717, 1.165) is 0 Å². The second-order valence-electron chi connectivity index (χ2n) is 1.19. The van der Waals surface area contributed by atoms with Crippen LogP contribution in [0.4, 0.5) is 0 Å². The van der Waals surface area contributed by atoms with Crippen LogP contribution in [0, 0.1) is 0 Å². The molecule has 1 aliphatic rings. The average molecular weight is 112 g/mol. The van der Waals surface area contributed by atoms with Crippen molar-refractivity contribution in [3.63, 3.8) is 0 Å². The molecule has 0 bridgehead atoms. The van der Waals surface area contributed by atoms with Crippen LogP contribution in [-0.4, -0.2) is 18.1 Å². The minimum atomic E-state index is -0.619. The van der Waals surface area contributed by atoms with Gasteiger partial charge in [0.1, 0.15) is 0 Å². The summed E-state index contributed by atoms with van der Waals surface area (Å²) in [7, 11) is 0. The molecule has 0 aromatic carbocycles. The van der Waals surface area contributed by atoms with Gasteiger partial charge in [0, 0.05) is 0 Å². The average Bonchev–Trinajstić information content (AvgIpc) is 2.12. The Hall–Kier alpha value is -1.39. The van der Waals surface area contributed by atoms with Crippen molar-refractivity contribution in [1.29, 1.82) is 0 Å². The zero-order valence-corrected chi connectivity index (χ0v) is 3.96. The van der Waals surface area contributed by atoms with Gasteiger partial charge in [-0.25, -0.2) is 0 Å². The zero-order valence-electron chi connectivity index (χ0n) is 3.96. The van der Waals surface area contributed by atoms with Crippen LogP contribution in [0.15, 0.2) is 5.10 Å². The molecular weight excluding hydrogens is 108 g/mol. The fraction of sp³-hybridized carbons (Fsp3) is 0. The SMILES string of the molecule is NC(=O)C1=NNC=[N+]1. The van der Waals surface area contributed by atoms with E-state index < -0.39 is 5.91 Å². The molecule has 1 amide bonds. The topological polar surface area (TPSA) is 81.6 Å². The Morgan fingerprint density at radius 1 is 2.00 bits per heavy atom. The molecule has 0 atom stereocenters. The third-order valence-electron chi connectivity index (χ3n) is 0.635. The highest BCUT2D eigenvalue weighted by molar-refractivity contribution is 6.38. The first kappa shape index (κ1) is 4.76. The summed E-state index contributed by atoms with van der Waals surface area (Å²) < 4.78 is 0. The molecule has 0 fully saturated rings. The molecule has 1 radical (unpaired) electrons. The summed E-state index contributed by atoms with van der Waals surface area (Å²) >= 11 is 0. The molecular formula is C3H4N4O+. The number of carbonyl (C=O) groups is 1. The number of nitrogens with two attached hydrogens (primary N) is 1. The number of primary amides is 1. The van der Waals surface area contributed by atoms with Crippen LogP contribution in [0.25, 0.3) is 0 Å². The highest BCUT2D eigenvalue weighted by atomic mass is 16.1. The number of amides is 1. The van der Waals surface area contributed by atoms with E-state index in [-0.39, 0.29) is 5.84 Å². The van der Waals surface area contributed by atoms with Crippen molar-refractivity contribution in [3.8, 4) is 0 Å². The van der Waals surface area contributed by atoms with Crippen LogP contribution in [0.1, 0.15) is 0 Å². The van der Waals surface area contributed by atoms with E-state index in [1.54, 1.807) is 0 Å². The summed E-state index contributed by atoms with van der Waals surface area (Å²) in [4.78, 5) is 13.6. The number of amidine groups is 1. The third-order valence-corrected chi connectivity index (χ3v) is 0.635. The summed E-state index contributed by atoms with van der Waals surface area (Å²) in [6, 6.07) is 0. The summed E-state index contributed by atoms with van der Waals surface area (Å²) in [5, 5.41) is 3.41. The molecule has 1 rings (SSSR count). The summed E-state index contributed by atoms with van der Waals surface area (Å²) in [5.41, 5.74) is 7.12. The van der Waals surface area contributed by atoms with E-state index in [1.807, 2.05) is 0 Å². The van der Waals surface area contributed by atoms with Gasteiger partial charge in [-0.15, -0.1) is 5.43 Å². The van der Waals surface area contributed by atoms with E-state index in [4.69, 9.17) is 5.73 Å². The molecule has 1 heterocycles. The lowest BCUT2D eigenvalue weighted by Gasteiger charge is -1.71. The number of hydrazone groups is 1. The van der Waals surface area contributed by atoms with Gasteiger partial charge in [-0.2, -0.15) is 0 Å². The highest BCUT2D eigenvalue weighted by Gasteiger charge is 2.17.